The Bertz CT molecular complexity index is 165. The molecule has 0 aromatic heterocycles. The first-order valence-corrected chi connectivity index (χ1v) is 3.90. The van der Waals surface area contributed by atoms with Crippen LogP contribution in [0, 0.1) is 5.92 Å². The van der Waals surface area contributed by atoms with E-state index < -0.39 is 11.6 Å². The topological polar surface area (TPSA) is 37.3 Å². The summed E-state index contributed by atoms with van der Waals surface area (Å²) in [6, 6.07) is 0. The van der Waals surface area contributed by atoms with Crippen molar-refractivity contribution in [3.63, 3.8) is 0 Å². The van der Waals surface area contributed by atoms with E-state index >= 15 is 0 Å². The van der Waals surface area contributed by atoms with Gasteiger partial charge in [-0.15, -0.1) is 0 Å². The molecule has 1 rings (SSSR count). The zero-order chi connectivity index (χ0) is 8.48. The number of aliphatic carboxylic acids is 1. The number of hydrogen-bond donors (Lipinski definition) is 1. The maximum atomic E-state index is 13.1. The molecule has 0 aliphatic heterocycles. The average molecular weight is 160 g/mol. The van der Waals surface area contributed by atoms with Crippen molar-refractivity contribution >= 4 is 5.97 Å². The molecule has 0 heterocycles. The third-order valence-corrected chi connectivity index (χ3v) is 2.25. The number of carboxylic acids is 1. The van der Waals surface area contributed by atoms with Crippen molar-refractivity contribution in [1.82, 2.24) is 0 Å². The van der Waals surface area contributed by atoms with Gasteiger partial charge >= 0.3 is 5.97 Å². The van der Waals surface area contributed by atoms with E-state index in [4.69, 9.17) is 5.11 Å². The van der Waals surface area contributed by atoms with Gasteiger partial charge in [-0.3, -0.25) is 4.79 Å². The minimum absolute atomic E-state index is 0.0579. The Morgan fingerprint density at radius 3 is 2.82 bits per heavy atom. The molecule has 1 N–H and O–H groups in total. The summed E-state index contributed by atoms with van der Waals surface area (Å²) in [5.74, 6) is -0.754. The maximum Gasteiger partial charge on any atom is 0.303 e. The first kappa shape index (κ1) is 8.50. The fourth-order valence-corrected chi connectivity index (χ4v) is 1.73. The Kier molecular flexibility index (Phi) is 2.16. The highest BCUT2D eigenvalue weighted by molar-refractivity contribution is 5.67. The Morgan fingerprint density at radius 1 is 1.82 bits per heavy atom. The first-order valence-electron chi connectivity index (χ1n) is 3.90. The summed E-state index contributed by atoms with van der Waals surface area (Å²) in [5.41, 5.74) is -1.11. The van der Waals surface area contributed by atoms with Gasteiger partial charge in [0.15, 0.2) is 0 Å². The molecule has 0 bridgehead atoms. The predicted octanol–water partition coefficient (Wildman–Crippen LogP) is 1.99. The lowest BCUT2D eigenvalue weighted by atomic mass is 10.0. The van der Waals surface area contributed by atoms with Crippen LogP contribution in [-0.2, 0) is 4.79 Å². The molecular formula is C8H13FO2. The lowest BCUT2D eigenvalue weighted by molar-refractivity contribution is -0.138. The second-order valence-electron chi connectivity index (χ2n) is 3.62. The standard InChI is InChI=1S/C8H13FO2/c1-8(9)3-2-6(5-8)4-7(10)11/h6H,2-5H2,1H3,(H,10,11). The van der Waals surface area contributed by atoms with Gasteiger partial charge in [-0.1, -0.05) is 0 Å². The van der Waals surface area contributed by atoms with Crippen molar-refractivity contribution in [3.05, 3.63) is 0 Å². The zero-order valence-corrected chi connectivity index (χ0v) is 6.64. The molecule has 0 radical (unpaired) electrons. The first-order chi connectivity index (χ1) is 4.99. The van der Waals surface area contributed by atoms with E-state index in [9.17, 15) is 9.18 Å². The van der Waals surface area contributed by atoms with Crippen molar-refractivity contribution in [3.8, 4) is 0 Å². The molecular weight excluding hydrogens is 147 g/mol. The number of carbonyl (C=O) groups is 1. The van der Waals surface area contributed by atoms with E-state index in [1.165, 1.54) is 0 Å². The van der Waals surface area contributed by atoms with Crippen molar-refractivity contribution < 1.29 is 14.3 Å². The highest BCUT2D eigenvalue weighted by atomic mass is 19.1. The normalized spacial score (nSPS) is 37.5. The molecule has 11 heavy (non-hydrogen) atoms. The number of carboxylic acid groups (broad SMARTS) is 1. The van der Waals surface area contributed by atoms with Crippen molar-refractivity contribution in [2.24, 2.45) is 5.92 Å². The molecule has 0 saturated heterocycles. The summed E-state index contributed by atoms with van der Waals surface area (Å²) in [7, 11) is 0. The largest absolute Gasteiger partial charge is 0.481 e. The molecule has 0 spiro atoms. The number of rotatable bonds is 2. The van der Waals surface area contributed by atoms with Gasteiger partial charge < -0.3 is 5.11 Å². The molecule has 0 amide bonds. The van der Waals surface area contributed by atoms with Crippen LogP contribution in [0.3, 0.4) is 0 Å². The molecule has 1 saturated carbocycles. The highest BCUT2D eigenvalue weighted by Crippen LogP contribution is 2.38. The fraction of sp³-hybridized carbons (Fsp3) is 0.875. The monoisotopic (exact) mass is 160 g/mol. The SMILES string of the molecule is CC1(F)CCC(CC(=O)O)C1. The second kappa shape index (κ2) is 2.80. The molecule has 64 valence electrons. The smallest absolute Gasteiger partial charge is 0.303 e. The molecule has 0 aromatic carbocycles. The van der Waals surface area contributed by atoms with Gasteiger partial charge in [0.2, 0.25) is 0 Å². The molecule has 1 aliphatic carbocycles. The number of hydrogen-bond acceptors (Lipinski definition) is 1. The van der Waals surface area contributed by atoms with Gasteiger partial charge in [-0.05, 0) is 32.1 Å². The van der Waals surface area contributed by atoms with E-state index in [2.05, 4.69) is 0 Å². The van der Waals surface area contributed by atoms with E-state index in [-0.39, 0.29) is 12.3 Å². The van der Waals surface area contributed by atoms with E-state index in [1.54, 1.807) is 6.92 Å². The highest BCUT2D eigenvalue weighted by Gasteiger charge is 2.35. The van der Waals surface area contributed by atoms with Crippen LogP contribution < -0.4 is 0 Å². The Morgan fingerprint density at radius 2 is 2.45 bits per heavy atom. The maximum absolute atomic E-state index is 13.1. The zero-order valence-electron chi connectivity index (χ0n) is 6.64. The summed E-state index contributed by atoms with van der Waals surface area (Å²) in [6.07, 6.45) is 1.78. The van der Waals surface area contributed by atoms with Gasteiger partial charge in [-0.2, -0.15) is 0 Å². The van der Waals surface area contributed by atoms with Crippen LogP contribution in [0.2, 0.25) is 0 Å². The van der Waals surface area contributed by atoms with Crippen LogP contribution >= 0.6 is 0 Å². The van der Waals surface area contributed by atoms with Crippen molar-refractivity contribution in [2.45, 2.75) is 38.3 Å². The fourth-order valence-electron chi connectivity index (χ4n) is 1.73. The van der Waals surface area contributed by atoms with Gasteiger partial charge in [0.05, 0.1) is 0 Å². The van der Waals surface area contributed by atoms with Crippen LogP contribution in [0.15, 0.2) is 0 Å². The predicted molar refractivity (Wildman–Crippen MR) is 39.1 cm³/mol. The number of alkyl halides is 1. The minimum atomic E-state index is -1.11. The summed E-state index contributed by atoms with van der Waals surface area (Å²) < 4.78 is 13.1. The molecule has 2 atom stereocenters. The van der Waals surface area contributed by atoms with Crippen molar-refractivity contribution in [2.75, 3.05) is 0 Å². The molecule has 3 heteroatoms. The Balaban J connectivity index is 2.36. The Labute approximate surface area is 65.4 Å². The third-order valence-electron chi connectivity index (χ3n) is 2.25. The Hall–Kier alpha value is -0.600. The van der Waals surface area contributed by atoms with Crippen LogP contribution in [0.5, 0.6) is 0 Å². The quantitative estimate of drug-likeness (QED) is 0.670. The molecule has 1 aliphatic rings. The van der Waals surface area contributed by atoms with Crippen LogP contribution in [0.25, 0.3) is 0 Å². The third kappa shape index (κ3) is 2.48. The van der Waals surface area contributed by atoms with E-state index in [0.29, 0.717) is 12.8 Å². The van der Waals surface area contributed by atoms with Crippen molar-refractivity contribution in [1.29, 1.82) is 0 Å². The summed E-state index contributed by atoms with van der Waals surface area (Å²) >= 11 is 0. The van der Waals surface area contributed by atoms with Gasteiger partial charge in [-0.25, -0.2) is 4.39 Å². The lowest BCUT2D eigenvalue weighted by Crippen LogP contribution is -2.13. The average Bonchev–Trinajstić information content (AvgIpc) is 2.08. The lowest BCUT2D eigenvalue weighted by Gasteiger charge is -2.11. The second-order valence-corrected chi connectivity index (χ2v) is 3.62. The van der Waals surface area contributed by atoms with Crippen LogP contribution in [-0.4, -0.2) is 16.7 Å². The number of halogens is 1. The summed E-state index contributed by atoms with van der Waals surface area (Å²) in [5, 5.41) is 8.42. The summed E-state index contributed by atoms with van der Waals surface area (Å²) in [6.45, 7) is 1.55. The van der Waals surface area contributed by atoms with Gasteiger partial charge in [0, 0.05) is 6.42 Å². The minimum Gasteiger partial charge on any atom is -0.481 e. The molecule has 1 fully saturated rings. The van der Waals surface area contributed by atoms with E-state index in [0.717, 1.165) is 6.42 Å². The van der Waals surface area contributed by atoms with Gasteiger partial charge in [0.25, 0.3) is 0 Å². The van der Waals surface area contributed by atoms with E-state index in [1.807, 2.05) is 0 Å². The molecule has 0 aromatic rings. The van der Waals surface area contributed by atoms with Crippen LogP contribution in [0.4, 0.5) is 4.39 Å². The molecule has 2 unspecified atom stereocenters. The van der Waals surface area contributed by atoms with Crippen LogP contribution in [0.1, 0.15) is 32.6 Å². The summed E-state index contributed by atoms with van der Waals surface area (Å²) in [4.78, 5) is 10.2. The molecule has 2 nitrogen and oxygen atoms in total. The van der Waals surface area contributed by atoms with Gasteiger partial charge in [0.1, 0.15) is 5.67 Å².